The van der Waals surface area contributed by atoms with E-state index in [1.807, 2.05) is 24.3 Å². The van der Waals surface area contributed by atoms with Crippen LogP contribution >= 0.6 is 22.6 Å². The van der Waals surface area contributed by atoms with Crippen LogP contribution in [0.4, 0.5) is 0 Å². The number of pyridine rings is 2. The largest absolute Gasteiger partial charge is 0.256 e. The van der Waals surface area contributed by atoms with E-state index in [2.05, 4.69) is 50.8 Å². The van der Waals surface area contributed by atoms with E-state index in [9.17, 15) is 0 Å². The molecule has 0 aliphatic heterocycles. The number of hydrogen-bond acceptors (Lipinski definition) is 3. The molecule has 0 aliphatic rings. The number of halogens is 1. The van der Waals surface area contributed by atoms with E-state index >= 15 is 0 Å². The fourth-order valence-electron chi connectivity index (χ4n) is 2.03. The molecular weight excluding hydrogens is 373 g/mol. The molecule has 0 saturated carbocycles. The molecule has 21 heavy (non-hydrogen) atoms. The average Bonchev–Trinajstić information content (AvgIpc) is 2.56. The van der Waals surface area contributed by atoms with Crippen LogP contribution in [0.1, 0.15) is 5.56 Å². The summed E-state index contributed by atoms with van der Waals surface area (Å²) in [5, 5.41) is 8.98. The Morgan fingerprint density at radius 1 is 0.810 bits per heavy atom. The molecule has 4 heteroatoms. The van der Waals surface area contributed by atoms with Crippen molar-refractivity contribution in [2.45, 2.75) is 0 Å². The average molecular weight is 383 g/mol. The van der Waals surface area contributed by atoms with Crippen LogP contribution in [0.5, 0.6) is 0 Å². The van der Waals surface area contributed by atoms with Gasteiger partial charge in [0.25, 0.3) is 0 Å². The van der Waals surface area contributed by atoms with Crippen molar-refractivity contribution < 1.29 is 0 Å². The van der Waals surface area contributed by atoms with Gasteiger partial charge in [-0.25, -0.2) is 0 Å². The molecule has 100 valence electrons. The zero-order valence-corrected chi connectivity index (χ0v) is 13.2. The van der Waals surface area contributed by atoms with Crippen LogP contribution in [-0.4, -0.2) is 9.97 Å². The number of nitrogens with zero attached hydrogens (tertiary/aromatic N) is 3. The molecule has 0 N–H and O–H groups in total. The molecule has 0 atom stereocenters. The van der Waals surface area contributed by atoms with Gasteiger partial charge >= 0.3 is 0 Å². The van der Waals surface area contributed by atoms with E-state index in [1.165, 1.54) is 3.57 Å². The highest BCUT2D eigenvalue weighted by Crippen LogP contribution is 2.24. The van der Waals surface area contributed by atoms with Gasteiger partial charge in [0, 0.05) is 27.1 Å². The normalized spacial score (nSPS) is 10.1. The predicted molar refractivity (Wildman–Crippen MR) is 90.3 cm³/mol. The van der Waals surface area contributed by atoms with Crippen LogP contribution in [-0.2, 0) is 0 Å². The van der Waals surface area contributed by atoms with E-state index < -0.39 is 0 Å². The highest BCUT2D eigenvalue weighted by atomic mass is 127. The van der Waals surface area contributed by atoms with Gasteiger partial charge in [-0.1, -0.05) is 12.1 Å². The van der Waals surface area contributed by atoms with Gasteiger partial charge in [0.1, 0.15) is 0 Å². The topological polar surface area (TPSA) is 49.6 Å². The van der Waals surface area contributed by atoms with Gasteiger partial charge < -0.3 is 0 Å². The van der Waals surface area contributed by atoms with Gasteiger partial charge in [0.2, 0.25) is 0 Å². The molecule has 0 aliphatic carbocycles. The fourth-order valence-corrected chi connectivity index (χ4v) is 2.39. The Labute approximate surface area is 136 Å². The number of hydrogen-bond donors (Lipinski definition) is 0. The lowest BCUT2D eigenvalue weighted by atomic mass is 10.1. The third-order valence-corrected chi connectivity index (χ3v) is 3.80. The second-order valence-corrected chi connectivity index (χ2v) is 5.72. The van der Waals surface area contributed by atoms with Gasteiger partial charge in [-0.05, 0) is 59.0 Å². The monoisotopic (exact) mass is 383 g/mol. The standard InChI is InChI=1S/C17H10IN3/c18-15-3-1-13(2-4-15)17-10-14(6-8-21-17)16-9-12(11-19)5-7-20-16/h1-10H. The van der Waals surface area contributed by atoms with Gasteiger partial charge in [0.05, 0.1) is 23.0 Å². The number of aromatic nitrogens is 2. The van der Waals surface area contributed by atoms with Crippen LogP contribution in [0.15, 0.2) is 60.9 Å². The summed E-state index contributed by atoms with van der Waals surface area (Å²) in [7, 11) is 0. The third-order valence-electron chi connectivity index (χ3n) is 3.08. The summed E-state index contributed by atoms with van der Waals surface area (Å²) in [4.78, 5) is 8.74. The van der Waals surface area contributed by atoms with Crippen LogP contribution in [0.3, 0.4) is 0 Å². The van der Waals surface area contributed by atoms with Crippen molar-refractivity contribution in [3.63, 3.8) is 0 Å². The van der Waals surface area contributed by atoms with Crippen molar-refractivity contribution in [1.82, 2.24) is 9.97 Å². The Balaban J connectivity index is 2.04. The van der Waals surface area contributed by atoms with E-state index in [0.29, 0.717) is 5.56 Å². The second-order valence-electron chi connectivity index (χ2n) is 4.48. The quantitative estimate of drug-likeness (QED) is 0.621. The van der Waals surface area contributed by atoms with Gasteiger partial charge in [0.15, 0.2) is 0 Å². The Bertz CT molecular complexity index is 820. The first kappa shape index (κ1) is 13.7. The molecule has 2 aromatic heterocycles. The van der Waals surface area contributed by atoms with Crippen molar-refractivity contribution in [3.05, 3.63) is 70.1 Å². The first-order valence-corrected chi connectivity index (χ1v) is 7.43. The Morgan fingerprint density at radius 2 is 1.48 bits per heavy atom. The summed E-state index contributed by atoms with van der Waals surface area (Å²) in [6, 6.07) is 17.7. The molecule has 0 bridgehead atoms. The third kappa shape index (κ3) is 3.09. The van der Waals surface area contributed by atoms with Gasteiger partial charge in [-0.2, -0.15) is 5.26 Å². The molecule has 2 heterocycles. The first-order valence-electron chi connectivity index (χ1n) is 6.35. The molecular formula is C17H10IN3. The highest BCUT2D eigenvalue weighted by molar-refractivity contribution is 14.1. The zero-order valence-electron chi connectivity index (χ0n) is 11.0. The smallest absolute Gasteiger partial charge is 0.0992 e. The lowest BCUT2D eigenvalue weighted by Crippen LogP contribution is -1.88. The summed E-state index contributed by atoms with van der Waals surface area (Å²) in [5.41, 5.74) is 4.30. The molecule has 3 rings (SSSR count). The molecule has 0 fully saturated rings. The van der Waals surface area contributed by atoms with Crippen LogP contribution in [0.25, 0.3) is 22.5 Å². The van der Waals surface area contributed by atoms with Crippen molar-refractivity contribution in [2.24, 2.45) is 0 Å². The van der Waals surface area contributed by atoms with Crippen LogP contribution in [0.2, 0.25) is 0 Å². The molecule has 0 spiro atoms. The minimum absolute atomic E-state index is 0.604. The van der Waals surface area contributed by atoms with Crippen molar-refractivity contribution in [3.8, 4) is 28.6 Å². The Hall–Kier alpha value is -2.26. The molecule has 0 unspecified atom stereocenters. The van der Waals surface area contributed by atoms with Crippen LogP contribution < -0.4 is 0 Å². The highest BCUT2D eigenvalue weighted by Gasteiger charge is 2.05. The SMILES string of the molecule is N#Cc1ccnc(-c2ccnc(-c3ccc(I)cc3)c2)c1. The second kappa shape index (κ2) is 6.02. The number of nitriles is 1. The van der Waals surface area contributed by atoms with E-state index in [0.717, 1.165) is 22.5 Å². The minimum atomic E-state index is 0.604. The van der Waals surface area contributed by atoms with Crippen molar-refractivity contribution in [2.75, 3.05) is 0 Å². The summed E-state index contributed by atoms with van der Waals surface area (Å²) in [5.74, 6) is 0. The number of benzene rings is 1. The van der Waals surface area contributed by atoms with Crippen LogP contribution in [0, 0.1) is 14.9 Å². The lowest BCUT2D eigenvalue weighted by Gasteiger charge is -2.05. The molecule has 0 amide bonds. The summed E-state index contributed by atoms with van der Waals surface area (Å²) >= 11 is 2.28. The maximum Gasteiger partial charge on any atom is 0.0992 e. The van der Waals surface area contributed by atoms with Gasteiger partial charge in [-0.15, -0.1) is 0 Å². The fraction of sp³-hybridized carbons (Fsp3) is 0. The molecule has 0 saturated heterocycles. The minimum Gasteiger partial charge on any atom is -0.256 e. The molecule has 1 aromatic carbocycles. The Morgan fingerprint density at radius 3 is 2.19 bits per heavy atom. The molecule has 3 nitrogen and oxygen atoms in total. The van der Waals surface area contributed by atoms with Crippen molar-refractivity contribution >= 4 is 22.6 Å². The molecule has 0 radical (unpaired) electrons. The van der Waals surface area contributed by atoms with Crippen molar-refractivity contribution in [1.29, 1.82) is 5.26 Å². The van der Waals surface area contributed by atoms with Gasteiger partial charge in [-0.3, -0.25) is 9.97 Å². The summed E-state index contributed by atoms with van der Waals surface area (Å²) in [6.07, 6.45) is 3.42. The summed E-state index contributed by atoms with van der Waals surface area (Å²) in [6.45, 7) is 0. The lowest BCUT2D eigenvalue weighted by molar-refractivity contribution is 1.28. The first-order chi connectivity index (χ1) is 10.3. The van der Waals surface area contributed by atoms with E-state index in [4.69, 9.17) is 5.26 Å². The van der Waals surface area contributed by atoms with E-state index in [-0.39, 0.29) is 0 Å². The molecule has 3 aromatic rings. The maximum atomic E-state index is 8.98. The van der Waals surface area contributed by atoms with E-state index in [1.54, 1.807) is 24.5 Å². The maximum absolute atomic E-state index is 8.98. The predicted octanol–water partition coefficient (Wildman–Crippen LogP) is 4.29. The Kier molecular flexibility index (Phi) is 3.93. The number of rotatable bonds is 2. The zero-order chi connectivity index (χ0) is 14.7. The summed E-state index contributed by atoms with van der Waals surface area (Å²) < 4.78 is 1.19.